The molecule has 1 saturated heterocycles. The molecule has 1 aliphatic heterocycles. The van der Waals surface area contributed by atoms with Gasteiger partial charge in [-0.3, -0.25) is 9.69 Å². The van der Waals surface area contributed by atoms with Crippen LogP contribution in [0.2, 0.25) is 0 Å². The van der Waals surface area contributed by atoms with E-state index in [0.29, 0.717) is 36.6 Å². The van der Waals surface area contributed by atoms with Gasteiger partial charge in [0.2, 0.25) is 10.0 Å². The first-order valence-corrected chi connectivity index (χ1v) is 11.1. The number of morpholine rings is 1. The van der Waals surface area contributed by atoms with Crippen molar-refractivity contribution in [2.24, 2.45) is 0 Å². The number of sulfonamides is 1. The Morgan fingerprint density at radius 1 is 1.24 bits per heavy atom. The van der Waals surface area contributed by atoms with Crippen molar-refractivity contribution in [3.8, 4) is 0 Å². The normalized spacial score (nSPS) is 16.5. The lowest BCUT2D eigenvalue weighted by Crippen LogP contribution is -2.47. The number of aryl methyl sites for hydroxylation is 1. The van der Waals surface area contributed by atoms with Gasteiger partial charge in [0.1, 0.15) is 5.76 Å². The molecular formula is C20H27N3O5S. The van der Waals surface area contributed by atoms with Gasteiger partial charge < -0.3 is 14.5 Å². The molecule has 1 amide bonds. The van der Waals surface area contributed by atoms with Crippen molar-refractivity contribution in [3.05, 3.63) is 53.5 Å². The van der Waals surface area contributed by atoms with Gasteiger partial charge in [-0.05, 0) is 43.7 Å². The van der Waals surface area contributed by atoms with E-state index in [0.717, 1.165) is 13.1 Å². The summed E-state index contributed by atoms with van der Waals surface area (Å²) < 4.78 is 38.1. The predicted molar refractivity (Wildman–Crippen MR) is 108 cm³/mol. The Kier molecular flexibility index (Phi) is 7.07. The Morgan fingerprint density at radius 2 is 2.00 bits per heavy atom. The third-order valence-corrected chi connectivity index (χ3v) is 6.41. The van der Waals surface area contributed by atoms with Crippen LogP contribution in [0.1, 0.15) is 28.6 Å². The summed E-state index contributed by atoms with van der Waals surface area (Å²) in [5.41, 5.74) is 1.06. The number of nitrogens with zero attached hydrogens (tertiary/aromatic N) is 1. The van der Waals surface area contributed by atoms with Crippen LogP contribution in [-0.4, -0.2) is 58.1 Å². The van der Waals surface area contributed by atoms with Crippen LogP contribution < -0.4 is 10.0 Å². The number of hydrogen-bond donors (Lipinski definition) is 2. The van der Waals surface area contributed by atoms with Gasteiger partial charge in [-0.25, -0.2) is 13.1 Å². The number of rotatable bonds is 8. The summed E-state index contributed by atoms with van der Waals surface area (Å²) in [5.74, 6) is 0.224. The molecule has 2 heterocycles. The molecule has 158 valence electrons. The van der Waals surface area contributed by atoms with Crippen molar-refractivity contribution in [2.75, 3.05) is 32.8 Å². The molecular weight excluding hydrogens is 394 g/mol. The van der Waals surface area contributed by atoms with Crippen LogP contribution in [-0.2, 0) is 21.3 Å². The Hall–Kier alpha value is -2.20. The number of hydrogen-bond acceptors (Lipinski definition) is 6. The fourth-order valence-corrected chi connectivity index (χ4v) is 4.18. The number of ether oxygens (including phenoxy) is 1. The van der Waals surface area contributed by atoms with Gasteiger partial charge in [-0.1, -0.05) is 6.07 Å². The quantitative estimate of drug-likeness (QED) is 0.670. The number of amides is 1. The number of carbonyl (C=O) groups excluding carboxylic acids is 1. The molecule has 1 aliphatic rings. The van der Waals surface area contributed by atoms with Crippen LogP contribution in [0, 0.1) is 6.92 Å². The Balaban J connectivity index is 1.65. The highest BCUT2D eigenvalue weighted by atomic mass is 32.2. The Labute approximate surface area is 171 Å². The molecule has 9 heteroatoms. The maximum absolute atomic E-state index is 12.7. The van der Waals surface area contributed by atoms with E-state index in [-0.39, 0.29) is 23.4 Å². The smallest absolute Gasteiger partial charge is 0.251 e. The predicted octanol–water partition coefficient (Wildman–Crippen LogP) is 1.52. The average Bonchev–Trinajstić information content (AvgIpc) is 3.25. The fraction of sp³-hybridized carbons (Fsp3) is 0.450. The Morgan fingerprint density at radius 3 is 2.69 bits per heavy atom. The van der Waals surface area contributed by atoms with Gasteiger partial charge in [0.15, 0.2) is 0 Å². The second-order valence-corrected chi connectivity index (χ2v) is 8.85. The molecule has 29 heavy (non-hydrogen) atoms. The van der Waals surface area contributed by atoms with E-state index in [1.54, 1.807) is 25.1 Å². The summed E-state index contributed by atoms with van der Waals surface area (Å²) in [6.07, 6.45) is 1.48. The molecule has 2 N–H and O–H groups in total. The summed E-state index contributed by atoms with van der Waals surface area (Å²) in [6, 6.07) is 8.09. The molecule has 1 fully saturated rings. The molecule has 3 rings (SSSR count). The largest absolute Gasteiger partial charge is 0.468 e. The average molecular weight is 422 g/mol. The highest BCUT2D eigenvalue weighted by Gasteiger charge is 2.20. The van der Waals surface area contributed by atoms with Gasteiger partial charge in [0, 0.05) is 31.2 Å². The second kappa shape index (κ2) is 9.53. The van der Waals surface area contributed by atoms with Crippen molar-refractivity contribution in [2.45, 2.75) is 31.3 Å². The van der Waals surface area contributed by atoms with Crippen molar-refractivity contribution >= 4 is 15.9 Å². The van der Waals surface area contributed by atoms with Crippen molar-refractivity contribution in [3.63, 3.8) is 0 Å². The van der Waals surface area contributed by atoms with E-state index in [4.69, 9.17) is 9.15 Å². The maximum atomic E-state index is 12.7. The number of carbonyl (C=O) groups is 1. The zero-order valence-corrected chi connectivity index (χ0v) is 17.5. The first-order chi connectivity index (χ1) is 13.9. The summed E-state index contributed by atoms with van der Waals surface area (Å²) in [6.45, 7) is 7.43. The molecule has 0 radical (unpaired) electrons. The molecule has 0 bridgehead atoms. The summed E-state index contributed by atoms with van der Waals surface area (Å²) in [7, 11) is -3.77. The molecule has 0 saturated carbocycles. The topological polar surface area (TPSA) is 101 Å². The zero-order chi connectivity index (χ0) is 20.9. The van der Waals surface area contributed by atoms with Gasteiger partial charge >= 0.3 is 0 Å². The third-order valence-electron chi connectivity index (χ3n) is 5.01. The fourth-order valence-electron chi connectivity index (χ4n) is 3.16. The van der Waals surface area contributed by atoms with Crippen LogP contribution in [0.3, 0.4) is 0 Å². The highest BCUT2D eigenvalue weighted by Crippen LogP contribution is 2.16. The Bertz CT molecular complexity index is 922. The van der Waals surface area contributed by atoms with E-state index < -0.39 is 10.0 Å². The van der Waals surface area contributed by atoms with E-state index in [1.165, 1.54) is 18.4 Å². The molecule has 1 aromatic carbocycles. The van der Waals surface area contributed by atoms with Gasteiger partial charge in [0.25, 0.3) is 5.91 Å². The molecule has 0 spiro atoms. The molecule has 2 aromatic rings. The number of benzene rings is 1. The van der Waals surface area contributed by atoms with Crippen LogP contribution in [0.15, 0.2) is 45.9 Å². The van der Waals surface area contributed by atoms with Crippen molar-refractivity contribution in [1.29, 1.82) is 0 Å². The van der Waals surface area contributed by atoms with Gasteiger partial charge in [-0.2, -0.15) is 0 Å². The van der Waals surface area contributed by atoms with Gasteiger partial charge in [0.05, 0.1) is 30.9 Å². The lowest BCUT2D eigenvalue weighted by Gasteiger charge is -2.32. The standard InChI is InChI=1S/C20H27N3O5S/c1-15-5-6-18(29(25,26)22-14-17-4-3-9-28-17)12-19(15)20(24)21-13-16(2)23-7-10-27-11-8-23/h3-6,9,12,16,22H,7-8,10-11,13-14H2,1-2H3,(H,21,24). The minimum absolute atomic E-state index is 0.0426. The minimum atomic E-state index is -3.77. The molecule has 8 nitrogen and oxygen atoms in total. The zero-order valence-electron chi connectivity index (χ0n) is 16.7. The van der Waals surface area contributed by atoms with E-state index >= 15 is 0 Å². The van der Waals surface area contributed by atoms with E-state index in [1.807, 2.05) is 0 Å². The molecule has 1 unspecified atom stereocenters. The second-order valence-electron chi connectivity index (χ2n) is 7.09. The molecule has 0 aliphatic carbocycles. The SMILES string of the molecule is Cc1ccc(S(=O)(=O)NCc2ccco2)cc1C(=O)NCC(C)N1CCOCC1. The highest BCUT2D eigenvalue weighted by molar-refractivity contribution is 7.89. The van der Waals surface area contributed by atoms with Gasteiger partial charge in [-0.15, -0.1) is 0 Å². The van der Waals surface area contributed by atoms with Crippen molar-refractivity contribution < 1.29 is 22.4 Å². The summed E-state index contributed by atoms with van der Waals surface area (Å²) in [4.78, 5) is 15.0. The molecule has 1 aromatic heterocycles. The lowest BCUT2D eigenvalue weighted by atomic mass is 10.1. The van der Waals surface area contributed by atoms with E-state index in [2.05, 4.69) is 21.9 Å². The molecule has 1 atom stereocenters. The summed E-state index contributed by atoms with van der Waals surface area (Å²) >= 11 is 0. The maximum Gasteiger partial charge on any atom is 0.251 e. The summed E-state index contributed by atoms with van der Waals surface area (Å²) in [5, 5.41) is 2.92. The first-order valence-electron chi connectivity index (χ1n) is 9.59. The van der Waals surface area contributed by atoms with Crippen LogP contribution >= 0.6 is 0 Å². The van der Waals surface area contributed by atoms with E-state index in [9.17, 15) is 13.2 Å². The lowest BCUT2D eigenvalue weighted by molar-refractivity contribution is 0.0204. The van der Waals surface area contributed by atoms with Crippen LogP contribution in [0.5, 0.6) is 0 Å². The third kappa shape index (κ3) is 5.66. The van der Waals surface area contributed by atoms with Crippen LogP contribution in [0.25, 0.3) is 0 Å². The van der Waals surface area contributed by atoms with Crippen LogP contribution in [0.4, 0.5) is 0 Å². The minimum Gasteiger partial charge on any atom is -0.468 e. The number of furan rings is 1. The first kappa shape index (κ1) is 21.5. The van der Waals surface area contributed by atoms with Crippen molar-refractivity contribution in [1.82, 2.24) is 14.9 Å². The number of nitrogens with one attached hydrogen (secondary N) is 2. The monoisotopic (exact) mass is 421 g/mol.